The number of rotatable bonds is 10. The van der Waals surface area contributed by atoms with Crippen LogP contribution in [-0.2, 0) is 0 Å². The van der Waals surface area contributed by atoms with Gasteiger partial charge in [-0.2, -0.15) is 0 Å². The van der Waals surface area contributed by atoms with Gasteiger partial charge in [-0.05, 0) is 83.6 Å². The van der Waals surface area contributed by atoms with E-state index in [1.165, 1.54) is 17.2 Å². The molecule has 12 nitrogen and oxygen atoms in total. The Bertz CT molecular complexity index is 3360. The molecular formula is C54H44Cl2N6O6. The summed E-state index contributed by atoms with van der Waals surface area (Å²) < 4.78 is 17.0. The van der Waals surface area contributed by atoms with Crippen LogP contribution in [0.4, 0.5) is 5.69 Å². The molecule has 0 aliphatic heterocycles. The third-order valence-electron chi connectivity index (χ3n) is 10.4. The van der Waals surface area contributed by atoms with E-state index in [2.05, 4.69) is 78.8 Å². The maximum atomic E-state index is 11.4. The molecule has 0 unspecified atom stereocenters. The van der Waals surface area contributed by atoms with E-state index in [0.717, 1.165) is 27.7 Å². The van der Waals surface area contributed by atoms with Gasteiger partial charge in [0.15, 0.2) is 5.58 Å². The van der Waals surface area contributed by atoms with Crippen molar-refractivity contribution in [1.29, 1.82) is 0 Å². The molecule has 0 spiro atoms. The van der Waals surface area contributed by atoms with Gasteiger partial charge < -0.3 is 29.8 Å². The average Bonchev–Trinajstić information content (AvgIpc) is 3.77. The topological polar surface area (TPSA) is 180 Å². The number of carboxylic acid groups (broad SMARTS) is 1. The molecule has 340 valence electrons. The summed E-state index contributed by atoms with van der Waals surface area (Å²) >= 11 is 11.6. The van der Waals surface area contributed by atoms with Gasteiger partial charge in [-0.3, -0.25) is 0 Å². The van der Waals surface area contributed by atoms with Gasteiger partial charge in [0.25, 0.3) is 5.89 Å². The Balaban J connectivity index is 0.000000174. The highest BCUT2D eigenvalue weighted by Gasteiger charge is 2.18. The Kier molecular flexibility index (Phi) is 15.1. The summed E-state index contributed by atoms with van der Waals surface area (Å²) in [6.07, 6.45) is 10.6. The Labute approximate surface area is 402 Å². The number of halogens is 2. The fourth-order valence-electron chi connectivity index (χ4n) is 6.84. The largest absolute Gasteiger partial charge is 0.506 e. The molecule has 0 saturated carbocycles. The number of fused-ring (bicyclic) bond motifs is 3. The van der Waals surface area contributed by atoms with E-state index in [-0.39, 0.29) is 24.8 Å². The van der Waals surface area contributed by atoms with E-state index >= 15 is 0 Å². The van der Waals surface area contributed by atoms with Crippen molar-refractivity contribution in [1.82, 2.24) is 24.9 Å². The van der Waals surface area contributed by atoms with Crippen molar-refractivity contribution in [2.75, 3.05) is 18.9 Å². The number of hydrogen-bond acceptors (Lipinski definition) is 11. The highest BCUT2D eigenvalue weighted by molar-refractivity contribution is 6.31. The molecule has 0 aliphatic rings. The molecular weight excluding hydrogens is 900 g/mol. The van der Waals surface area contributed by atoms with Crippen LogP contribution >= 0.6 is 23.2 Å². The van der Waals surface area contributed by atoms with E-state index in [4.69, 9.17) is 70.7 Å². The van der Waals surface area contributed by atoms with Gasteiger partial charge in [-0.25, -0.2) is 29.7 Å². The molecule has 3 heterocycles. The molecule has 0 saturated heterocycles. The third kappa shape index (κ3) is 11.4. The molecule has 4 N–H and O–H groups in total. The fraction of sp³-hybridized carbons (Fsp3) is 0.148. The van der Waals surface area contributed by atoms with Crippen molar-refractivity contribution in [2.24, 2.45) is 0 Å². The number of oxazole rings is 1. The predicted molar refractivity (Wildman–Crippen MR) is 269 cm³/mol. The molecule has 6 aromatic carbocycles. The first-order valence-corrected chi connectivity index (χ1v) is 22.0. The fourth-order valence-corrected chi connectivity index (χ4v) is 7.17. The van der Waals surface area contributed by atoms with Crippen LogP contribution in [0.3, 0.4) is 0 Å². The van der Waals surface area contributed by atoms with Crippen molar-refractivity contribution >= 4 is 67.8 Å². The highest BCUT2D eigenvalue weighted by atomic mass is 35.5. The normalized spacial score (nSPS) is 10.8. The van der Waals surface area contributed by atoms with Gasteiger partial charge >= 0.3 is 5.97 Å². The maximum Gasteiger partial charge on any atom is 0.373 e. The van der Waals surface area contributed by atoms with Gasteiger partial charge in [0, 0.05) is 44.1 Å². The lowest BCUT2D eigenvalue weighted by Crippen LogP contribution is -2.06. The van der Waals surface area contributed by atoms with E-state index in [0.29, 0.717) is 78.5 Å². The maximum absolute atomic E-state index is 11.4. The number of carbonyl (C=O) groups is 1. The first-order valence-electron chi connectivity index (χ1n) is 21.2. The number of phenolic OH excluding ortho intramolecular Hbond substituents is 1. The van der Waals surface area contributed by atoms with Crippen molar-refractivity contribution in [3.63, 3.8) is 0 Å². The molecule has 0 bridgehead atoms. The first-order chi connectivity index (χ1) is 32.7. The molecule has 9 rings (SSSR count). The number of phenols is 1. The second-order valence-corrected chi connectivity index (χ2v) is 16.7. The summed E-state index contributed by atoms with van der Waals surface area (Å²) in [6, 6.07) is 37.0. The lowest BCUT2D eigenvalue weighted by Gasteiger charge is -2.11. The van der Waals surface area contributed by atoms with Crippen molar-refractivity contribution in [3.05, 3.63) is 148 Å². The summed E-state index contributed by atoms with van der Waals surface area (Å²) in [5, 5.41) is 20.9. The highest BCUT2D eigenvalue weighted by Crippen LogP contribution is 2.34. The van der Waals surface area contributed by atoms with Crippen molar-refractivity contribution in [3.8, 4) is 76.2 Å². The molecule has 0 fully saturated rings. The molecule has 0 amide bonds. The van der Waals surface area contributed by atoms with E-state index in [9.17, 15) is 9.90 Å². The number of terminal acetylenes is 2. The van der Waals surface area contributed by atoms with Crippen LogP contribution in [-0.4, -0.2) is 54.3 Å². The quantitative estimate of drug-likeness (QED) is 0.0672. The molecule has 9 aromatic rings. The summed E-state index contributed by atoms with van der Waals surface area (Å²) in [5.41, 5.74) is 13.7. The zero-order valence-corrected chi connectivity index (χ0v) is 38.9. The Morgan fingerprint density at radius 3 is 1.65 bits per heavy atom. The van der Waals surface area contributed by atoms with Crippen LogP contribution in [0.1, 0.15) is 61.3 Å². The van der Waals surface area contributed by atoms with E-state index in [1.54, 1.807) is 42.5 Å². The van der Waals surface area contributed by atoms with Gasteiger partial charge in [0.05, 0.1) is 28.1 Å². The van der Waals surface area contributed by atoms with Crippen molar-refractivity contribution in [2.45, 2.75) is 39.5 Å². The third-order valence-corrected chi connectivity index (χ3v) is 10.9. The first kappa shape index (κ1) is 47.8. The van der Waals surface area contributed by atoms with Crippen LogP contribution in [0.25, 0.3) is 67.1 Å². The molecule has 0 atom stereocenters. The van der Waals surface area contributed by atoms with Gasteiger partial charge in [-0.1, -0.05) is 111 Å². The SMILES string of the molecule is C#CCOc1ccc2nc(-c3nc4ccc(Cl)cc4o3)nc(-c3ccc(C(C)C)cc3)c2c1.C#CCOc1ccc2nc(C(=O)O)nc(-c3ccc(C(C)C)cc3)c2c1.Nc1ccc(Cl)cc1O. The number of benzene rings is 6. The number of aromatic nitrogens is 5. The Hall–Kier alpha value is -8.16. The second kappa shape index (κ2) is 21.4. The van der Waals surface area contributed by atoms with Crippen molar-refractivity contribution < 1.29 is 28.9 Å². The van der Waals surface area contributed by atoms with Gasteiger partial charge in [0.2, 0.25) is 11.6 Å². The number of carboxylic acids is 1. The minimum atomic E-state index is -1.17. The van der Waals surface area contributed by atoms with Gasteiger partial charge in [-0.15, -0.1) is 12.8 Å². The zero-order chi connectivity index (χ0) is 48.5. The standard InChI is InChI=1S/C27H20ClN3O2.C21H18N2O3.C6H6ClNO/c1-4-13-32-20-10-12-22-21(15-20)25(18-7-5-17(6-8-18)16(2)3)31-26(29-22)27-30-23-11-9-19(28)14-24(23)33-27;1-4-11-26-16-9-10-18-17(12-16)19(23-20(22-18)21(24)25)15-7-5-14(6-8-15)13(2)3;7-4-1-2-5(8)6(9)3-4/h1,5-12,14-16H,13H2,2-3H3;1,5-10,12-13H,11H2,2-3H3,(H,24,25);1-3,9H,8H2. The minimum Gasteiger partial charge on any atom is -0.506 e. The summed E-state index contributed by atoms with van der Waals surface area (Å²) in [4.78, 5) is 33.9. The predicted octanol–water partition coefficient (Wildman–Crippen LogP) is 12.7. The molecule has 0 aliphatic carbocycles. The van der Waals surface area contributed by atoms with Gasteiger partial charge in [0.1, 0.15) is 36.0 Å². The number of aromatic carboxylic acids is 1. The number of nitrogens with two attached hydrogens (primary N) is 1. The number of anilines is 1. The smallest absolute Gasteiger partial charge is 0.373 e. The zero-order valence-electron chi connectivity index (χ0n) is 37.4. The molecule has 0 radical (unpaired) electrons. The second-order valence-electron chi connectivity index (χ2n) is 15.8. The van der Waals surface area contributed by atoms with Crippen LogP contribution < -0.4 is 15.2 Å². The number of ether oxygens (including phenoxy) is 2. The van der Waals surface area contributed by atoms with Crippen LogP contribution in [0.15, 0.2) is 126 Å². The van der Waals surface area contributed by atoms with Crippen LogP contribution in [0.2, 0.25) is 10.0 Å². The van der Waals surface area contributed by atoms with Crippen LogP contribution in [0, 0.1) is 24.7 Å². The number of hydrogen-bond donors (Lipinski definition) is 3. The Morgan fingerprint density at radius 1 is 0.647 bits per heavy atom. The molecule has 68 heavy (non-hydrogen) atoms. The van der Waals surface area contributed by atoms with Crippen LogP contribution in [0.5, 0.6) is 17.2 Å². The number of nitrogens with zero attached hydrogens (tertiary/aromatic N) is 5. The Morgan fingerprint density at radius 2 is 1.15 bits per heavy atom. The monoisotopic (exact) mass is 942 g/mol. The summed E-state index contributed by atoms with van der Waals surface area (Å²) in [5.74, 6) is 6.36. The summed E-state index contributed by atoms with van der Waals surface area (Å²) in [6.45, 7) is 8.91. The molecule has 3 aromatic heterocycles. The minimum absolute atomic E-state index is 0.0301. The lowest BCUT2D eigenvalue weighted by molar-refractivity contribution is 0.0684. The molecule has 14 heteroatoms. The van der Waals surface area contributed by atoms with E-state index in [1.807, 2.05) is 48.5 Å². The average molecular weight is 944 g/mol. The lowest BCUT2D eigenvalue weighted by atomic mass is 9.99. The number of nitrogen functional groups attached to an aromatic ring is 1. The number of aromatic hydroxyl groups is 1. The summed E-state index contributed by atoms with van der Waals surface area (Å²) in [7, 11) is 0. The van der Waals surface area contributed by atoms with E-state index < -0.39 is 5.97 Å².